The Morgan fingerprint density at radius 3 is 2.94 bits per heavy atom. The maximum atomic E-state index is 11.4. The van der Waals surface area contributed by atoms with Crippen LogP contribution in [0.5, 0.6) is 0 Å². The van der Waals surface area contributed by atoms with Gasteiger partial charge in [-0.25, -0.2) is 4.79 Å². The Balaban J connectivity index is 2.19. The quantitative estimate of drug-likeness (QED) is 0.792. The van der Waals surface area contributed by atoms with E-state index >= 15 is 0 Å². The number of rotatable bonds is 6. The summed E-state index contributed by atoms with van der Waals surface area (Å²) in [6, 6.07) is 7.69. The van der Waals surface area contributed by atoms with Crippen molar-refractivity contribution in [3.05, 3.63) is 34.3 Å². The van der Waals surface area contributed by atoms with Gasteiger partial charge in [-0.2, -0.15) is 0 Å². The lowest BCUT2D eigenvalue weighted by Crippen LogP contribution is -2.35. The van der Waals surface area contributed by atoms with Crippen molar-refractivity contribution in [1.82, 2.24) is 10.6 Å². The van der Waals surface area contributed by atoms with Crippen LogP contribution in [0.2, 0.25) is 0 Å². The number of halogens is 1. The van der Waals surface area contributed by atoms with Gasteiger partial charge in [0.15, 0.2) is 0 Å². The van der Waals surface area contributed by atoms with Crippen molar-refractivity contribution in [1.29, 1.82) is 0 Å². The number of carbonyl (C=O) groups is 1. The summed E-state index contributed by atoms with van der Waals surface area (Å²) < 4.78 is 5.90. The average molecular weight is 301 g/mol. The lowest BCUT2D eigenvalue weighted by molar-refractivity contribution is 0.193. The molecule has 0 aliphatic rings. The first-order valence-electron chi connectivity index (χ1n) is 5.47. The molecule has 0 spiro atoms. The van der Waals surface area contributed by atoms with Crippen LogP contribution in [-0.4, -0.2) is 26.3 Å². The predicted molar refractivity (Wildman–Crippen MR) is 70.9 cm³/mol. The number of carbonyl (C=O) groups excluding carboxylic acids is 1. The Labute approximate surface area is 110 Å². The molecule has 0 saturated carbocycles. The fourth-order valence-corrected chi connectivity index (χ4v) is 1.76. The molecule has 0 fully saturated rings. The minimum Gasteiger partial charge on any atom is -0.385 e. The number of benzene rings is 1. The largest absolute Gasteiger partial charge is 0.385 e. The molecule has 0 atom stereocenters. The van der Waals surface area contributed by atoms with Crippen molar-refractivity contribution in [3.8, 4) is 0 Å². The highest BCUT2D eigenvalue weighted by Crippen LogP contribution is 2.11. The van der Waals surface area contributed by atoms with Gasteiger partial charge in [0.25, 0.3) is 0 Å². The normalized spacial score (nSPS) is 10.0. The standard InChI is InChI=1S/C12H17BrN2O2/c1-17-7-3-6-14-12(16)15-9-10-4-2-5-11(13)8-10/h2,4-5,8H,3,6-7,9H2,1H3,(H2,14,15,16). The molecular weight excluding hydrogens is 284 g/mol. The third kappa shape index (κ3) is 6.28. The molecule has 0 bridgehead atoms. The summed E-state index contributed by atoms with van der Waals surface area (Å²) in [5, 5.41) is 5.55. The molecule has 0 aromatic heterocycles. The van der Waals surface area contributed by atoms with Crippen molar-refractivity contribution in [3.63, 3.8) is 0 Å². The van der Waals surface area contributed by atoms with E-state index in [4.69, 9.17) is 4.74 Å². The van der Waals surface area contributed by atoms with Gasteiger partial charge in [-0.1, -0.05) is 28.1 Å². The van der Waals surface area contributed by atoms with Crippen LogP contribution >= 0.6 is 15.9 Å². The zero-order valence-electron chi connectivity index (χ0n) is 9.83. The highest BCUT2D eigenvalue weighted by Gasteiger charge is 1.99. The van der Waals surface area contributed by atoms with Gasteiger partial charge in [0.1, 0.15) is 0 Å². The van der Waals surface area contributed by atoms with Crippen LogP contribution in [0.1, 0.15) is 12.0 Å². The van der Waals surface area contributed by atoms with Crippen molar-refractivity contribution in [2.24, 2.45) is 0 Å². The molecule has 1 rings (SSSR count). The van der Waals surface area contributed by atoms with E-state index < -0.39 is 0 Å². The first-order valence-corrected chi connectivity index (χ1v) is 6.27. The van der Waals surface area contributed by atoms with Gasteiger partial charge in [-0.15, -0.1) is 0 Å². The van der Waals surface area contributed by atoms with Crippen LogP contribution in [0, 0.1) is 0 Å². The zero-order chi connectivity index (χ0) is 12.5. The summed E-state index contributed by atoms with van der Waals surface area (Å²) in [5.41, 5.74) is 1.06. The number of ether oxygens (including phenoxy) is 1. The summed E-state index contributed by atoms with van der Waals surface area (Å²) in [4.78, 5) is 11.4. The highest BCUT2D eigenvalue weighted by molar-refractivity contribution is 9.10. The van der Waals surface area contributed by atoms with Gasteiger partial charge in [-0.05, 0) is 24.1 Å². The lowest BCUT2D eigenvalue weighted by Gasteiger charge is -2.07. The maximum absolute atomic E-state index is 11.4. The fourth-order valence-electron chi connectivity index (χ4n) is 1.31. The molecule has 0 saturated heterocycles. The molecule has 0 heterocycles. The molecule has 5 heteroatoms. The number of urea groups is 1. The van der Waals surface area contributed by atoms with Crippen LogP contribution < -0.4 is 10.6 Å². The van der Waals surface area contributed by atoms with Crippen LogP contribution in [0.15, 0.2) is 28.7 Å². The molecule has 2 amide bonds. The topological polar surface area (TPSA) is 50.4 Å². The van der Waals surface area contributed by atoms with Gasteiger partial charge in [0.2, 0.25) is 0 Å². The number of hydrogen-bond donors (Lipinski definition) is 2. The van der Waals surface area contributed by atoms with Crippen molar-refractivity contribution in [2.75, 3.05) is 20.3 Å². The van der Waals surface area contributed by atoms with E-state index in [9.17, 15) is 4.79 Å². The number of amides is 2. The van der Waals surface area contributed by atoms with E-state index in [1.807, 2.05) is 24.3 Å². The smallest absolute Gasteiger partial charge is 0.315 e. The number of hydrogen-bond acceptors (Lipinski definition) is 2. The maximum Gasteiger partial charge on any atom is 0.315 e. The Morgan fingerprint density at radius 1 is 1.41 bits per heavy atom. The molecule has 0 radical (unpaired) electrons. The van der Waals surface area contributed by atoms with Gasteiger partial charge in [0.05, 0.1) is 0 Å². The molecule has 2 N–H and O–H groups in total. The van der Waals surface area contributed by atoms with E-state index in [1.54, 1.807) is 7.11 Å². The van der Waals surface area contributed by atoms with Crippen molar-refractivity contribution in [2.45, 2.75) is 13.0 Å². The third-order valence-corrected chi connectivity index (χ3v) is 2.65. The van der Waals surface area contributed by atoms with Crippen LogP contribution in [0.3, 0.4) is 0 Å². The summed E-state index contributed by atoms with van der Waals surface area (Å²) in [7, 11) is 1.65. The molecule has 94 valence electrons. The van der Waals surface area contributed by atoms with E-state index in [0.717, 1.165) is 16.5 Å². The van der Waals surface area contributed by atoms with E-state index in [1.165, 1.54) is 0 Å². The molecule has 1 aromatic carbocycles. The van der Waals surface area contributed by atoms with E-state index in [0.29, 0.717) is 19.7 Å². The molecule has 0 aliphatic heterocycles. The van der Waals surface area contributed by atoms with E-state index in [2.05, 4.69) is 26.6 Å². The molecule has 0 aliphatic carbocycles. The Morgan fingerprint density at radius 2 is 2.24 bits per heavy atom. The van der Waals surface area contributed by atoms with Crippen molar-refractivity contribution >= 4 is 22.0 Å². The molecule has 1 aromatic rings. The minimum absolute atomic E-state index is 0.152. The van der Waals surface area contributed by atoms with Gasteiger partial charge < -0.3 is 15.4 Å². The first kappa shape index (κ1) is 14.0. The second-order valence-electron chi connectivity index (χ2n) is 3.59. The summed E-state index contributed by atoms with van der Waals surface area (Å²) >= 11 is 3.39. The molecular formula is C12H17BrN2O2. The van der Waals surface area contributed by atoms with Gasteiger partial charge in [0, 0.05) is 31.3 Å². The Hall–Kier alpha value is -1.07. The second-order valence-corrected chi connectivity index (χ2v) is 4.50. The number of nitrogens with one attached hydrogen (secondary N) is 2. The van der Waals surface area contributed by atoms with Crippen molar-refractivity contribution < 1.29 is 9.53 Å². The molecule has 17 heavy (non-hydrogen) atoms. The highest BCUT2D eigenvalue weighted by atomic mass is 79.9. The lowest BCUT2D eigenvalue weighted by atomic mass is 10.2. The van der Waals surface area contributed by atoms with Gasteiger partial charge >= 0.3 is 6.03 Å². The third-order valence-electron chi connectivity index (χ3n) is 2.15. The second kappa shape index (κ2) is 8.08. The first-order chi connectivity index (χ1) is 8.22. The summed E-state index contributed by atoms with van der Waals surface area (Å²) in [6.07, 6.45) is 0.820. The summed E-state index contributed by atoms with van der Waals surface area (Å²) in [5.74, 6) is 0. The molecule has 0 unspecified atom stereocenters. The summed E-state index contributed by atoms with van der Waals surface area (Å²) in [6.45, 7) is 1.81. The van der Waals surface area contributed by atoms with E-state index in [-0.39, 0.29) is 6.03 Å². The minimum atomic E-state index is -0.152. The number of methoxy groups -OCH3 is 1. The van der Waals surface area contributed by atoms with Gasteiger partial charge in [-0.3, -0.25) is 0 Å². The Bertz CT molecular complexity index is 358. The fraction of sp³-hybridized carbons (Fsp3) is 0.417. The zero-order valence-corrected chi connectivity index (χ0v) is 11.4. The Kier molecular flexibility index (Phi) is 6.65. The van der Waals surface area contributed by atoms with Crippen LogP contribution in [0.4, 0.5) is 4.79 Å². The monoisotopic (exact) mass is 300 g/mol. The SMILES string of the molecule is COCCCNC(=O)NCc1cccc(Br)c1. The van der Waals surface area contributed by atoms with Crippen LogP contribution in [-0.2, 0) is 11.3 Å². The molecule has 4 nitrogen and oxygen atoms in total. The average Bonchev–Trinajstić information content (AvgIpc) is 2.32. The van der Waals surface area contributed by atoms with Crippen LogP contribution in [0.25, 0.3) is 0 Å². The predicted octanol–water partition coefficient (Wildman–Crippen LogP) is 2.28.